The lowest BCUT2D eigenvalue weighted by Gasteiger charge is -2.12. The number of carboxylic acid groups (broad SMARTS) is 1. The van der Waals surface area contributed by atoms with E-state index < -0.39 is 5.97 Å². The summed E-state index contributed by atoms with van der Waals surface area (Å²) in [5, 5.41) is 18.9. The summed E-state index contributed by atoms with van der Waals surface area (Å²) >= 11 is 0. The van der Waals surface area contributed by atoms with Crippen molar-refractivity contribution in [2.24, 2.45) is 0 Å². The zero-order valence-electron chi connectivity index (χ0n) is 10.8. The van der Waals surface area contributed by atoms with Gasteiger partial charge in [-0.1, -0.05) is 25.5 Å². The Kier molecular flexibility index (Phi) is 5.65. The molecule has 0 aliphatic rings. The summed E-state index contributed by atoms with van der Waals surface area (Å²) in [6, 6.07) is 5.17. The van der Waals surface area contributed by atoms with Crippen molar-refractivity contribution in [3.8, 4) is 5.75 Å². The fourth-order valence-electron chi connectivity index (χ4n) is 2.00. The van der Waals surface area contributed by atoms with Crippen molar-refractivity contribution in [1.29, 1.82) is 0 Å². The molecule has 1 atom stereocenters. The van der Waals surface area contributed by atoms with Crippen molar-refractivity contribution in [1.82, 2.24) is 0 Å². The molecule has 0 heterocycles. The minimum atomic E-state index is -0.993. The number of aliphatic hydroxyl groups is 1. The summed E-state index contributed by atoms with van der Waals surface area (Å²) in [6.07, 6.45) is 2.40. The number of carboxylic acids is 1. The van der Waals surface area contributed by atoms with Gasteiger partial charge in [0.25, 0.3) is 0 Å². The molecule has 0 saturated carbocycles. The molecule has 0 radical (unpaired) electrons. The maximum atomic E-state index is 11.2. The van der Waals surface area contributed by atoms with E-state index >= 15 is 0 Å². The fraction of sp³-hybridized carbons (Fsp3) is 0.500. The number of methoxy groups -OCH3 is 1. The van der Waals surface area contributed by atoms with Gasteiger partial charge in [-0.25, -0.2) is 4.79 Å². The van der Waals surface area contributed by atoms with Crippen molar-refractivity contribution < 1.29 is 19.7 Å². The van der Waals surface area contributed by atoms with Crippen molar-refractivity contribution in [3.05, 3.63) is 29.3 Å². The predicted octanol–water partition coefficient (Wildman–Crippen LogP) is 2.49. The SMILES string of the molecule is CCCC(O)CCc1cccc(OC)c1C(=O)O. The Balaban J connectivity index is 2.85. The smallest absolute Gasteiger partial charge is 0.339 e. The molecule has 0 aliphatic heterocycles. The van der Waals surface area contributed by atoms with Crippen LogP contribution in [0.2, 0.25) is 0 Å². The Bertz CT molecular complexity index is 401. The maximum Gasteiger partial charge on any atom is 0.339 e. The number of carbonyl (C=O) groups is 1. The third kappa shape index (κ3) is 3.74. The van der Waals surface area contributed by atoms with Gasteiger partial charge in [-0.3, -0.25) is 0 Å². The second-order valence-electron chi connectivity index (χ2n) is 4.28. The van der Waals surface area contributed by atoms with Crippen LogP contribution < -0.4 is 4.74 Å². The molecule has 2 N–H and O–H groups in total. The summed E-state index contributed by atoms with van der Waals surface area (Å²) in [6.45, 7) is 2.01. The third-order valence-electron chi connectivity index (χ3n) is 2.92. The van der Waals surface area contributed by atoms with Crippen LogP contribution in [0.4, 0.5) is 0 Å². The van der Waals surface area contributed by atoms with Crippen LogP contribution in [0.25, 0.3) is 0 Å². The van der Waals surface area contributed by atoms with Gasteiger partial charge in [0.05, 0.1) is 13.2 Å². The molecule has 0 aliphatic carbocycles. The first-order chi connectivity index (χ1) is 8.60. The van der Waals surface area contributed by atoms with E-state index in [1.165, 1.54) is 7.11 Å². The van der Waals surface area contributed by atoms with E-state index in [2.05, 4.69) is 0 Å². The number of benzene rings is 1. The van der Waals surface area contributed by atoms with E-state index in [0.29, 0.717) is 24.2 Å². The van der Waals surface area contributed by atoms with Crippen molar-refractivity contribution in [2.45, 2.75) is 38.7 Å². The van der Waals surface area contributed by atoms with Gasteiger partial charge >= 0.3 is 5.97 Å². The molecule has 0 spiro atoms. The zero-order chi connectivity index (χ0) is 13.5. The normalized spacial score (nSPS) is 12.2. The van der Waals surface area contributed by atoms with E-state index in [9.17, 15) is 15.0 Å². The lowest BCUT2D eigenvalue weighted by molar-refractivity contribution is 0.0691. The Hall–Kier alpha value is -1.55. The highest BCUT2D eigenvalue weighted by molar-refractivity contribution is 5.92. The van der Waals surface area contributed by atoms with E-state index in [0.717, 1.165) is 12.8 Å². The molecule has 1 rings (SSSR count). The molecular weight excluding hydrogens is 232 g/mol. The fourth-order valence-corrected chi connectivity index (χ4v) is 2.00. The summed E-state index contributed by atoms with van der Waals surface area (Å²) < 4.78 is 5.06. The number of rotatable bonds is 7. The molecule has 1 aromatic rings. The summed E-state index contributed by atoms with van der Waals surface area (Å²) in [5.74, 6) is -0.627. The number of aryl methyl sites for hydroxylation is 1. The quantitative estimate of drug-likeness (QED) is 0.782. The van der Waals surface area contributed by atoms with Crippen LogP contribution in [0.5, 0.6) is 5.75 Å². The number of ether oxygens (including phenoxy) is 1. The Morgan fingerprint density at radius 2 is 2.11 bits per heavy atom. The maximum absolute atomic E-state index is 11.2. The molecule has 0 fully saturated rings. The number of hydrogen-bond donors (Lipinski definition) is 2. The Morgan fingerprint density at radius 3 is 2.67 bits per heavy atom. The van der Waals surface area contributed by atoms with Crippen molar-refractivity contribution in [2.75, 3.05) is 7.11 Å². The number of aromatic carboxylic acids is 1. The average Bonchev–Trinajstić information content (AvgIpc) is 2.35. The summed E-state index contributed by atoms with van der Waals surface area (Å²) in [7, 11) is 1.46. The lowest BCUT2D eigenvalue weighted by atomic mass is 9.99. The highest BCUT2D eigenvalue weighted by atomic mass is 16.5. The van der Waals surface area contributed by atoms with Crippen LogP contribution >= 0.6 is 0 Å². The van der Waals surface area contributed by atoms with Gasteiger partial charge < -0.3 is 14.9 Å². The first-order valence-corrected chi connectivity index (χ1v) is 6.17. The molecule has 1 unspecified atom stereocenters. The van der Waals surface area contributed by atoms with E-state index in [1.807, 2.05) is 6.92 Å². The second-order valence-corrected chi connectivity index (χ2v) is 4.28. The summed E-state index contributed by atoms with van der Waals surface area (Å²) in [5.41, 5.74) is 0.903. The Morgan fingerprint density at radius 1 is 1.39 bits per heavy atom. The molecule has 1 aromatic carbocycles. The minimum absolute atomic E-state index is 0.198. The first-order valence-electron chi connectivity index (χ1n) is 6.17. The van der Waals surface area contributed by atoms with Crippen LogP contribution in [-0.4, -0.2) is 29.4 Å². The third-order valence-corrected chi connectivity index (χ3v) is 2.92. The highest BCUT2D eigenvalue weighted by Gasteiger charge is 2.16. The Labute approximate surface area is 107 Å². The van der Waals surface area contributed by atoms with Crippen molar-refractivity contribution >= 4 is 5.97 Å². The molecular formula is C14H20O4. The minimum Gasteiger partial charge on any atom is -0.496 e. The van der Waals surface area contributed by atoms with Gasteiger partial charge in [0.2, 0.25) is 0 Å². The van der Waals surface area contributed by atoms with Gasteiger partial charge in [-0.05, 0) is 30.9 Å². The predicted molar refractivity (Wildman–Crippen MR) is 69.2 cm³/mol. The second kappa shape index (κ2) is 7.01. The molecule has 4 nitrogen and oxygen atoms in total. The molecule has 0 aromatic heterocycles. The first kappa shape index (κ1) is 14.5. The summed E-state index contributed by atoms with van der Waals surface area (Å²) in [4.78, 5) is 11.2. The van der Waals surface area contributed by atoms with Crippen molar-refractivity contribution in [3.63, 3.8) is 0 Å². The molecule has 0 saturated heterocycles. The number of aliphatic hydroxyl groups excluding tert-OH is 1. The van der Waals surface area contributed by atoms with Crippen LogP contribution in [0, 0.1) is 0 Å². The standard InChI is InChI=1S/C14H20O4/c1-3-5-11(15)9-8-10-6-4-7-12(18-2)13(10)14(16)17/h4,6-7,11,15H,3,5,8-9H2,1-2H3,(H,16,17). The van der Waals surface area contributed by atoms with E-state index in [4.69, 9.17) is 4.74 Å². The number of hydrogen-bond acceptors (Lipinski definition) is 3. The van der Waals surface area contributed by atoms with Crippen LogP contribution in [0.1, 0.15) is 42.1 Å². The molecule has 100 valence electrons. The monoisotopic (exact) mass is 252 g/mol. The molecule has 0 amide bonds. The molecule has 0 bridgehead atoms. The van der Waals surface area contributed by atoms with Gasteiger partial charge in [0.1, 0.15) is 11.3 Å². The van der Waals surface area contributed by atoms with Crippen LogP contribution in [0.3, 0.4) is 0 Å². The van der Waals surface area contributed by atoms with E-state index in [1.54, 1.807) is 18.2 Å². The lowest BCUT2D eigenvalue weighted by Crippen LogP contribution is -2.10. The van der Waals surface area contributed by atoms with E-state index in [-0.39, 0.29) is 11.7 Å². The van der Waals surface area contributed by atoms with Gasteiger partial charge in [-0.2, -0.15) is 0 Å². The topological polar surface area (TPSA) is 66.8 Å². The van der Waals surface area contributed by atoms with Crippen LogP contribution in [0.15, 0.2) is 18.2 Å². The van der Waals surface area contributed by atoms with Gasteiger partial charge in [0, 0.05) is 0 Å². The van der Waals surface area contributed by atoms with Gasteiger partial charge in [-0.15, -0.1) is 0 Å². The zero-order valence-corrected chi connectivity index (χ0v) is 10.8. The highest BCUT2D eigenvalue weighted by Crippen LogP contribution is 2.24. The van der Waals surface area contributed by atoms with Gasteiger partial charge in [0.15, 0.2) is 0 Å². The average molecular weight is 252 g/mol. The molecule has 4 heteroatoms. The van der Waals surface area contributed by atoms with Crippen LogP contribution in [-0.2, 0) is 6.42 Å². The molecule has 18 heavy (non-hydrogen) atoms. The largest absolute Gasteiger partial charge is 0.496 e.